The second-order valence-electron chi connectivity index (χ2n) is 3.40. The number of thiophene rings is 1. The van der Waals surface area contributed by atoms with Crippen molar-refractivity contribution < 1.29 is 9.90 Å². The molecule has 2 rings (SSSR count). The topological polar surface area (TPSA) is 83.0 Å². The summed E-state index contributed by atoms with van der Waals surface area (Å²) in [7, 11) is 0. The Kier molecular flexibility index (Phi) is 7.31. The van der Waals surface area contributed by atoms with E-state index >= 15 is 0 Å². The van der Waals surface area contributed by atoms with E-state index in [1.54, 1.807) is 0 Å². The van der Waals surface area contributed by atoms with Gasteiger partial charge >= 0.3 is 65.1 Å². The summed E-state index contributed by atoms with van der Waals surface area (Å²) in [6.45, 7) is 3.85. The third-order valence-electron chi connectivity index (χ3n) is 2.42. The van der Waals surface area contributed by atoms with E-state index in [-0.39, 0.29) is 70.5 Å². The number of aryl methyl sites for hydroxylation is 2. The Morgan fingerprint density at radius 3 is 2.56 bits per heavy atom. The summed E-state index contributed by atoms with van der Waals surface area (Å²) < 4.78 is 0. The number of H-pyrrole nitrogens is 1. The van der Waals surface area contributed by atoms with E-state index in [1.807, 2.05) is 13.8 Å². The summed E-state index contributed by atoms with van der Waals surface area (Å²) in [6.07, 6.45) is 0.814. The maximum atomic E-state index is 11.7. The number of nitrogens with one attached hydrogen (secondary N) is 1. The van der Waals surface area contributed by atoms with Gasteiger partial charge in [-0.3, -0.25) is 4.79 Å². The van der Waals surface area contributed by atoms with Crippen molar-refractivity contribution >= 4 is 86.6 Å². The molecule has 0 saturated carbocycles. The van der Waals surface area contributed by atoms with Gasteiger partial charge in [0.25, 0.3) is 5.56 Å². The van der Waals surface area contributed by atoms with Crippen LogP contribution in [0.1, 0.15) is 28.0 Å². The predicted octanol–water partition coefficient (Wildman–Crippen LogP) is 0.257. The van der Waals surface area contributed by atoms with Crippen molar-refractivity contribution in [3.63, 3.8) is 0 Å². The Hall–Kier alpha value is 0.310. The molecule has 2 aromatic rings. The molecule has 0 atom stereocenters. The van der Waals surface area contributed by atoms with Gasteiger partial charge in [0.2, 0.25) is 5.82 Å². The summed E-state index contributed by atoms with van der Waals surface area (Å²) >= 11 is 1.38. The zero-order chi connectivity index (χ0) is 11.9. The minimum absolute atomic E-state index is 0. The second kappa shape index (κ2) is 7.19. The number of carboxylic acid groups (broad SMARTS) is 1. The molecule has 0 unspecified atom stereocenters. The zero-order valence-corrected chi connectivity index (χ0v) is 9.64. The van der Waals surface area contributed by atoms with Crippen LogP contribution in [-0.2, 0) is 6.42 Å². The SMILES string of the molecule is CCc1sc2nc(C(=O)O)[nH]c(=O)c2c1C.[NaH].[NaH]. The van der Waals surface area contributed by atoms with Gasteiger partial charge in [0.05, 0.1) is 5.39 Å². The molecule has 0 amide bonds. The molecule has 0 aromatic carbocycles. The van der Waals surface area contributed by atoms with Crippen molar-refractivity contribution in [3.8, 4) is 0 Å². The van der Waals surface area contributed by atoms with Crippen LogP contribution in [0.15, 0.2) is 4.79 Å². The normalized spacial score (nSPS) is 9.67. The number of aromatic carboxylic acids is 1. The van der Waals surface area contributed by atoms with Gasteiger partial charge in [0, 0.05) is 4.88 Å². The van der Waals surface area contributed by atoms with E-state index in [9.17, 15) is 9.59 Å². The van der Waals surface area contributed by atoms with Crippen LogP contribution in [0.4, 0.5) is 0 Å². The first kappa shape index (κ1) is 18.3. The van der Waals surface area contributed by atoms with Crippen LogP contribution < -0.4 is 5.56 Å². The van der Waals surface area contributed by atoms with Crippen LogP contribution in [0.2, 0.25) is 0 Å². The van der Waals surface area contributed by atoms with E-state index in [2.05, 4.69) is 9.97 Å². The molecule has 8 heteroatoms. The molecule has 0 saturated heterocycles. The third kappa shape index (κ3) is 3.25. The van der Waals surface area contributed by atoms with E-state index in [0.29, 0.717) is 10.2 Å². The average Bonchev–Trinajstić information content (AvgIpc) is 2.55. The number of aromatic amines is 1. The molecular weight excluding hydrogens is 274 g/mol. The van der Waals surface area contributed by atoms with Crippen LogP contribution in [-0.4, -0.2) is 80.2 Å². The molecule has 0 radical (unpaired) electrons. The van der Waals surface area contributed by atoms with Gasteiger partial charge in [-0.1, -0.05) is 6.92 Å². The van der Waals surface area contributed by atoms with Gasteiger partial charge in [0.1, 0.15) is 4.83 Å². The molecule has 2 heterocycles. The summed E-state index contributed by atoms with van der Waals surface area (Å²) in [6, 6.07) is 0. The van der Waals surface area contributed by atoms with Crippen LogP contribution in [0.25, 0.3) is 10.2 Å². The van der Waals surface area contributed by atoms with Gasteiger partial charge in [-0.15, -0.1) is 11.3 Å². The fourth-order valence-corrected chi connectivity index (χ4v) is 2.75. The number of hydrogen-bond acceptors (Lipinski definition) is 4. The van der Waals surface area contributed by atoms with Crippen molar-refractivity contribution in [2.75, 3.05) is 0 Å². The van der Waals surface area contributed by atoms with E-state index in [4.69, 9.17) is 5.11 Å². The van der Waals surface area contributed by atoms with Crippen LogP contribution >= 0.6 is 11.3 Å². The predicted molar refractivity (Wildman–Crippen MR) is 75.6 cm³/mol. The summed E-state index contributed by atoms with van der Waals surface area (Å²) in [5, 5.41) is 9.28. The molecule has 2 aromatic heterocycles. The number of nitrogens with zero attached hydrogens (tertiary/aromatic N) is 1. The number of rotatable bonds is 2. The summed E-state index contributed by atoms with van der Waals surface area (Å²) in [4.78, 5) is 30.2. The first-order valence-corrected chi connectivity index (χ1v) is 5.61. The molecule has 18 heavy (non-hydrogen) atoms. The van der Waals surface area contributed by atoms with Crippen molar-refractivity contribution in [2.24, 2.45) is 0 Å². The quantitative estimate of drug-likeness (QED) is 0.776. The first-order chi connectivity index (χ1) is 7.54. The van der Waals surface area contributed by atoms with Gasteiger partial charge in [-0.05, 0) is 18.9 Å². The van der Waals surface area contributed by atoms with Gasteiger partial charge < -0.3 is 10.1 Å². The molecule has 0 aliphatic rings. The molecule has 0 spiro atoms. The number of aromatic nitrogens is 2. The van der Waals surface area contributed by atoms with Crippen LogP contribution in [0, 0.1) is 6.92 Å². The van der Waals surface area contributed by atoms with Crippen molar-refractivity contribution in [1.29, 1.82) is 0 Å². The Labute approximate surface area is 152 Å². The van der Waals surface area contributed by atoms with Crippen LogP contribution in [0.5, 0.6) is 0 Å². The Morgan fingerprint density at radius 2 is 2.06 bits per heavy atom. The number of fused-ring (bicyclic) bond motifs is 1. The number of carbonyl (C=O) groups is 1. The summed E-state index contributed by atoms with van der Waals surface area (Å²) in [5.74, 6) is -1.52. The van der Waals surface area contributed by atoms with Crippen molar-refractivity contribution in [3.05, 3.63) is 26.6 Å². The molecule has 5 nitrogen and oxygen atoms in total. The Bertz CT molecular complexity index is 636. The van der Waals surface area contributed by atoms with E-state index in [1.165, 1.54) is 11.3 Å². The second-order valence-corrected chi connectivity index (χ2v) is 4.49. The standard InChI is InChI=1S/C10H10N2O3S.2Na.2H/c1-3-5-4(2)6-8(13)11-7(10(14)15)12-9(6)16-5;;;;/h3H2,1-2H3,(H,14,15)(H,11,12,13);;;;. The molecule has 0 bridgehead atoms. The number of carboxylic acids is 1. The summed E-state index contributed by atoms with van der Waals surface area (Å²) in [5.41, 5.74) is 0.518. The molecule has 0 fully saturated rings. The maximum absolute atomic E-state index is 11.7. The Morgan fingerprint density at radius 1 is 1.44 bits per heavy atom. The Balaban J connectivity index is 0.00000144. The van der Waals surface area contributed by atoms with Crippen molar-refractivity contribution in [2.45, 2.75) is 20.3 Å². The molecule has 0 aliphatic carbocycles. The zero-order valence-electron chi connectivity index (χ0n) is 8.83. The monoisotopic (exact) mass is 286 g/mol. The fourth-order valence-electron chi connectivity index (χ4n) is 1.63. The minimum atomic E-state index is -1.22. The van der Waals surface area contributed by atoms with E-state index < -0.39 is 5.97 Å². The molecule has 0 aliphatic heterocycles. The van der Waals surface area contributed by atoms with Gasteiger partial charge in [-0.2, -0.15) is 0 Å². The molecule has 2 N–H and O–H groups in total. The number of hydrogen-bond donors (Lipinski definition) is 2. The molecular formula is C10H12N2Na2O3S. The first-order valence-electron chi connectivity index (χ1n) is 4.80. The van der Waals surface area contributed by atoms with Gasteiger partial charge in [0.15, 0.2) is 0 Å². The average molecular weight is 286 g/mol. The van der Waals surface area contributed by atoms with Gasteiger partial charge in [-0.25, -0.2) is 9.78 Å². The fraction of sp³-hybridized carbons (Fsp3) is 0.300. The van der Waals surface area contributed by atoms with E-state index in [0.717, 1.165) is 16.9 Å². The third-order valence-corrected chi connectivity index (χ3v) is 3.75. The van der Waals surface area contributed by atoms with Crippen molar-refractivity contribution in [1.82, 2.24) is 9.97 Å². The van der Waals surface area contributed by atoms with Crippen LogP contribution in [0.3, 0.4) is 0 Å². The molecule has 88 valence electrons.